The first-order valence-corrected chi connectivity index (χ1v) is 8.94. The number of nitrogens with one attached hydrogen (secondary N) is 1. The number of nitrogens with zero attached hydrogens (tertiary/aromatic N) is 3. The predicted octanol–water partition coefficient (Wildman–Crippen LogP) is 4.24. The molecule has 162 valence electrons. The molecule has 0 aliphatic heterocycles. The van der Waals surface area contributed by atoms with Crippen LogP contribution in [0.15, 0.2) is 35.3 Å². The van der Waals surface area contributed by atoms with Crippen molar-refractivity contribution in [2.45, 2.75) is 6.18 Å². The van der Waals surface area contributed by atoms with Crippen molar-refractivity contribution in [2.24, 2.45) is 0 Å². The number of nitriles is 2. The first-order valence-electron chi connectivity index (χ1n) is 8.56. The van der Waals surface area contributed by atoms with Crippen molar-refractivity contribution >= 4 is 17.4 Å². The van der Waals surface area contributed by atoms with Crippen molar-refractivity contribution < 1.29 is 22.6 Å². The maximum absolute atomic E-state index is 12.9. The van der Waals surface area contributed by atoms with E-state index in [9.17, 15) is 28.5 Å². The van der Waals surface area contributed by atoms with E-state index in [1.54, 1.807) is 6.07 Å². The van der Waals surface area contributed by atoms with Crippen LogP contribution in [0.4, 0.5) is 19.0 Å². The molecule has 32 heavy (non-hydrogen) atoms. The first-order chi connectivity index (χ1) is 15.1. The molecule has 2 aromatic heterocycles. The van der Waals surface area contributed by atoms with E-state index in [2.05, 4.69) is 9.97 Å². The van der Waals surface area contributed by atoms with Gasteiger partial charge in [0.2, 0.25) is 5.88 Å². The highest BCUT2D eigenvalue weighted by atomic mass is 35.5. The van der Waals surface area contributed by atoms with Gasteiger partial charge in [0, 0.05) is 17.3 Å². The van der Waals surface area contributed by atoms with Gasteiger partial charge in [-0.25, -0.2) is 4.98 Å². The van der Waals surface area contributed by atoms with Gasteiger partial charge in [-0.3, -0.25) is 4.79 Å². The Morgan fingerprint density at radius 3 is 2.47 bits per heavy atom. The monoisotopic (exact) mass is 461 g/mol. The lowest BCUT2D eigenvalue weighted by Gasteiger charge is -2.17. The van der Waals surface area contributed by atoms with Crippen LogP contribution in [0.3, 0.4) is 0 Å². The number of halogens is 4. The zero-order valence-corrected chi connectivity index (χ0v) is 16.8. The molecule has 0 fully saturated rings. The van der Waals surface area contributed by atoms with Gasteiger partial charge >= 0.3 is 6.18 Å². The number of alkyl halides is 3. The highest BCUT2D eigenvalue weighted by Crippen LogP contribution is 2.44. The molecule has 0 bridgehead atoms. The Kier molecular flexibility index (Phi) is 5.96. The van der Waals surface area contributed by atoms with Crippen molar-refractivity contribution in [1.82, 2.24) is 9.97 Å². The van der Waals surface area contributed by atoms with Crippen LogP contribution in [0.25, 0.3) is 11.1 Å². The molecule has 3 N–H and O–H groups in total. The van der Waals surface area contributed by atoms with E-state index in [0.717, 1.165) is 0 Å². The number of hydrogen-bond acceptors (Lipinski definition) is 7. The molecular weight excluding hydrogens is 451 g/mol. The summed E-state index contributed by atoms with van der Waals surface area (Å²) < 4.78 is 49.6. The number of H-pyrrole nitrogens is 1. The number of benzene rings is 1. The number of rotatable bonds is 4. The van der Waals surface area contributed by atoms with E-state index in [4.69, 9.17) is 26.8 Å². The summed E-state index contributed by atoms with van der Waals surface area (Å²) in [7, 11) is 1.29. The topological polar surface area (TPSA) is 138 Å². The summed E-state index contributed by atoms with van der Waals surface area (Å²) in [5, 5.41) is 18.6. The number of para-hydroxylation sites is 1. The van der Waals surface area contributed by atoms with Gasteiger partial charge in [-0.05, 0) is 12.1 Å². The Labute approximate surface area is 183 Å². The Balaban J connectivity index is 2.28. The summed E-state index contributed by atoms with van der Waals surface area (Å²) in [6.07, 6.45) is -4.14. The first kappa shape index (κ1) is 22.5. The number of methoxy groups -OCH3 is 1. The normalized spacial score (nSPS) is 10.8. The molecule has 8 nitrogen and oxygen atoms in total. The van der Waals surface area contributed by atoms with Crippen molar-refractivity contribution in [2.75, 3.05) is 12.8 Å². The number of hydrogen-bond donors (Lipinski definition) is 2. The summed E-state index contributed by atoms with van der Waals surface area (Å²) in [5.41, 5.74) is 3.06. The summed E-state index contributed by atoms with van der Waals surface area (Å²) in [6, 6.07) is 8.51. The largest absolute Gasteiger partial charge is 0.493 e. The number of aromatic amines is 1. The van der Waals surface area contributed by atoms with E-state index in [1.807, 2.05) is 6.07 Å². The zero-order chi connectivity index (χ0) is 23.6. The molecule has 1 aromatic carbocycles. The van der Waals surface area contributed by atoms with E-state index < -0.39 is 33.8 Å². The minimum Gasteiger partial charge on any atom is -0.493 e. The van der Waals surface area contributed by atoms with Crippen molar-refractivity contribution in [3.05, 3.63) is 62.5 Å². The molecule has 0 amide bonds. The molecule has 0 radical (unpaired) electrons. The second-order valence-corrected chi connectivity index (χ2v) is 6.57. The van der Waals surface area contributed by atoms with Gasteiger partial charge in [0.15, 0.2) is 11.5 Å². The van der Waals surface area contributed by atoms with Crippen molar-refractivity contribution in [1.29, 1.82) is 10.5 Å². The van der Waals surface area contributed by atoms with E-state index in [-0.39, 0.29) is 34.0 Å². The highest BCUT2D eigenvalue weighted by molar-refractivity contribution is 6.31. The van der Waals surface area contributed by atoms with Crippen LogP contribution in [-0.4, -0.2) is 17.1 Å². The van der Waals surface area contributed by atoms with Crippen LogP contribution in [0.2, 0.25) is 5.02 Å². The summed E-state index contributed by atoms with van der Waals surface area (Å²) >= 11 is 5.94. The van der Waals surface area contributed by atoms with Gasteiger partial charge < -0.3 is 20.2 Å². The Morgan fingerprint density at radius 2 is 1.91 bits per heavy atom. The molecule has 2 heterocycles. The van der Waals surface area contributed by atoms with Gasteiger partial charge in [0.25, 0.3) is 5.56 Å². The Hall–Kier alpha value is -4.22. The standard InChI is InChI=1S/C20H11ClF3N5O3/c1-31-14-4-2-3-10(15-11(6-25)17(27)29-18(30)12(15)7-26)16(14)32-19-13(21)5-9(8-28-19)20(22,23)24/h2-5,8H,1H3,(H3,27,29,30). The number of pyridine rings is 2. The lowest BCUT2D eigenvalue weighted by Crippen LogP contribution is -2.16. The SMILES string of the molecule is COc1cccc(-c2c(C#N)c(N)[nH]c(=O)c2C#N)c1Oc1ncc(C(F)(F)F)cc1Cl. The molecule has 3 aromatic rings. The summed E-state index contributed by atoms with van der Waals surface area (Å²) in [4.78, 5) is 18.1. The van der Waals surface area contributed by atoms with Crippen LogP contribution in [0.5, 0.6) is 17.4 Å². The molecule has 0 aliphatic rings. The fourth-order valence-electron chi connectivity index (χ4n) is 2.84. The van der Waals surface area contributed by atoms with Crippen LogP contribution in [-0.2, 0) is 6.18 Å². The molecule has 0 aliphatic carbocycles. The highest BCUT2D eigenvalue weighted by Gasteiger charge is 2.32. The fraction of sp³-hybridized carbons (Fsp3) is 0.100. The number of nitrogens with two attached hydrogens (primary N) is 1. The molecule has 0 spiro atoms. The van der Waals surface area contributed by atoms with Crippen LogP contribution >= 0.6 is 11.6 Å². The maximum atomic E-state index is 12.9. The fourth-order valence-corrected chi connectivity index (χ4v) is 3.05. The van der Waals surface area contributed by atoms with Crippen molar-refractivity contribution in [3.63, 3.8) is 0 Å². The number of ether oxygens (including phenoxy) is 2. The van der Waals surface area contributed by atoms with Crippen LogP contribution in [0, 0.1) is 22.7 Å². The van der Waals surface area contributed by atoms with Gasteiger partial charge in [0.1, 0.15) is 34.1 Å². The summed E-state index contributed by atoms with van der Waals surface area (Å²) in [6.45, 7) is 0. The van der Waals surface area contributed by atoms with Gasteiger partial charge in [-0.15, -0.1) is 0 Å². The third kappa shape index (κ3) is 4.02. The Bertz CT molecular complexity index is 1360. The maximum Gasteiger partial charge on any atom is 0.417 e. The molecule has 0 saturated carbocycles. The number of nitrogen functional groups attached to an aromatic ring is 1. The van der Waals surface area contributed by atoms with Crippen LogP contribution < -0.4 is 20.8 Å². The molecule has 12 heteroatoms. The van der Waals surface area contributed by atoms with Crippen molar-refractivity contribution in [3.8, 4) is 40.6 Å². The zero-order valence-electron chi connectivity index (χ0n) is 16.0. The van der Waals surface area contributed by atoms with E-state index >= 15 is 0 Å². The molecule has 0 atom stereocenters. The number of aromatic nitrogens is 2. The van der Waals surface area contributed by atoms with E-state index in [1.165, 1.54) is 25.3 Å². The average molecular weight is 462 g/mol. The lowest BCUT2D eigenvalue weighted by atomic mass is 9.95. The summed E-state index contributed by atoms with van der Waals surface area (Å²) in [5.74, 6) is -0.778. The quantitative estimate of drug-likeness (QED) is 0.592. The molecule has 3 rings (SSSR count). The van der Waals surface area contributed by atoms with Gasteiger partial charge in [0.05, 0.1) is 12.7 Å². The smallest absolute Gasteiger partial charge is 0.417 e. The number of anilines is 1. The average Bonchev–Trinajstić information content (AvgIpc) is 2.74. The molecule has 0 unspecified atom stereocenters. The predicted molar refractivity (Wildman–Crippen MR) is 107 cm³/mol. The van der Waals surface area contributed by atoms with E-state index in [0.29, 0.717) is 12.3 Å². The minimum absolute atomic E-state index is 0.0352. The second kappa shape index (κ2) is 8.49. The van der Waals surface area contributed by atoms with Gasteiger partial charge in [-0.2, -0.15) is 23.7 Å². The third-order valence-electron chi connectivity index (χ3n) is 4.27. The minimum atomic E-state index is -4.67. The van der Waals surface area contributed by atoms with Crippen LogP contribution in [0.1, 0.15) is 16.7 Å². The molecular formula is C20H11ClF3N5O3. The Morgan fingerprint density at radius 1 is 1.22 bits per heavy atom. The lowest BCUT2D eigenvalue weighted by molar-refractivity contribution is -0.137. The molecule has 0 saturated heterocycles. The third-order valence-corrected chi connectivity index (χ3v) is 4.54. The second-order valence-electron chi connectivity index (χ2n) is 6.16. The van der Waals surface area contributed by atoms with Gasteiger partial charge in [-0.1, -0.05) is 23.7 Å².